The van der Waals surface area contributed by atoms with Crippen molar-refractivity contribution in [1.82, 2.24) is 0 Å². The van der Waals surface area contributed by atoms with Gasteiger partial charge in [0.1, 0.15) is 5.75 Å². The van der Waals surface area contributed by atoms with Gasteiger partial charge in [0, 0.05) is 0 Å². The van der Waals surface area contributed by atoms with Gasteiger partial charge in [-0.15, -0.1) is 0 Å². The van der Waals surface area contributed by atoms with Gasteiger partial charge in [0.15, 0.2) is 0 Å². The number of hydrogen-bond acceptors (Lipinski definition) is 4. The zero-order chi connectivity index (χ0) is 17.8. The number of rotatable bonds is 2. The Kier molecular flexibility index (Phi) is 6.00. The Bertz CT molecular complexity index is 687. The molecule has 130 valence electrons. The van der Waals surface area contributed by atoms with Gasteiger partial charge in [-0.2, -0.15) is 13.2 Å². The second-order valence-corrected chi connectivity index (χ2v) is 6.37. The first-order valence-corrected chi connectivity index (χ1v) is 8.11. The zero-order valence-electron chi connectivity index (χ0n) is 12.3. The van der Waals surface area contributed by atoms with Crippen molar-refractivity contribution >= 4 is 15.9 Å². The van der Waals surface area contributed by atoms with Gasteiger partial charge >= 0.3 is 12.1 Å². The van der Waals surface area contributed by atoms with E-state index in [0.29, 0.717) is 0 Å². The van der Waals surface area contributed by atoms with Crippen molar-refractivity contribution in [3.63, 3.8) is 0 Å². The molecule has 1 aromatic rings. The number of primary amides is 1. The van der Waals surface area contributed by atoms with Crippen LogP contribution in [0.25, 0.3) is 0 Å². The summed E-state index contributed by atoms with van der Waals surface area (Å²) in [7, 11) is -2.03. The number of hydrogen-bond donors (Lipinski definition) is 2. The van der Waals surface area contributed by atoms with Crippen LogP contribution in [0.5, 0.6) is 5.75 Å². The van der Waals surface area contributed by atoms with E-state index in [-0.39, 0.29) is 4.90 Å². The second-order valence-electron chi connectivity index (χ2n) is 4.84. The molecule has 23 heavy (non-hydrogen) atoms. The van der Waals surface area contributed by atoms with Gasteiger partial charge in [-0.05, 0) is 48.9 Å². The van der Waals surface area contributed by atoms with E-state index in [9.17, 15) is 21.6 Å². The molecule has 6 nitrogen and oxygen atoms in total. The largest absolute Gasteiger partial charge is 0.496 e. The number of halogens is 3. The molecule has 1 amide bonds. The van der Waals surface area contributed by atoms with Crippen LogP contribution >= 0.6 is 0 Å². The first-order chi connectivity index (χ1) is 10.5. The quantitative estimate of drug-likeness (QED) is 0.832. The van der Waals surface area contributed by atoms with Gasteiger partial charge in [0.05, 0.1) is 12.0 Å². The summed E-state index contributed by atoms with van der Waals surface area (Å²) in [4.78, 5) is 9.37. The maximum absolute atomic E-state index is 11.4. The summed E-state index contributed by atoms with van der Waals surface area (Å²) in [5.74, 6) is -1.49. The molecule has 0 aliphatic heterocycles. The molecule has 1 aliphatic carbocycles. The molecule has 0 bridgehead atoms. The van der Waals surface area contributed by atoms with Crippen molar-refractivity contribution in [1.29, 1.82) is 0 Å². The standard InChI is InChI=1S/C11H15NO3S.C2H2F3NO/c1-15-10-6-7-11(16(12,13)14)9-5-3-2-4-8(9)10;3-2(4,5)1(6)7/h6-7H,2-5H2,1H3,(H2,12,13,14);(H2,6,7). The number of ether oxygens (including phenoxy) is 1. The normalized spacial score (nSPS) is 14.3. The van der Waals surface area contributed by atoms with E-state index in [4.69, 9.17) is 14.7 Å². The van der Waals surface area contributed by atoms with Gasteiger partial charge in [0.2, 0.25) is 10.0 Å². The number of carbonyl (C=O) groups is 1. The van der Waals surface area contributed by atoms with Crippen molar-refractivity contribution in [3.8, 4) is 5.75 Å². The molecule has 2 rings (SSSR count). The summed E-state index contributed by atoms with van der Waals surface area (Å²) in [6, 6.07) is 3.22. The lowest BCUT2D eigenvalue weighted by Crippen LogP contribution is -2.30. The van der Waals surface area contributed by atoms with Crippen LogP contribution in [0, 0.1) is 0 Å². The van der Waals surface area contributed by atoms with E-state index in [1.54, 1.807) is 19.2 Å². The van der Waals surface area contributed by atoms with Gasteiger partial charge in [0.25, 0.3) is 0 Å². The minimum absolute atomic E-state index is 0.253. The summed E-state index contributed by atoms with van der Waals surface area (Å²) in [5.41, 5.74) is 5.65. The third-order valence-electron chi connectivity index (χ3n) is 3.25. The van der Waals surface area contributed by atoms with E-state index in [1.165, 1.54) is 0 Å². The van der Waals surface area contributed by atoms with Crippen LogP contribution in [0.2, 0.25) is 0 Å². The fourth-order valence-electron chi connectivity index (χ4n) is 2.26. The molecule has 0 fully saturated rings. The molecule has 0 unspecified atom stereocenters. The average molecular weight is 354 g/mol. The maximum atomic E-state index is 11.4. The number of benzene rings is 1. The number of sulfonamides is 1. The fourth-order valence-corrected chi connectivity index (χ4v) is 3.09. The van der Waals surface area contributed by atoms with Crippen LogP contribution in [-0.4, -0.2) is 27.6 Å². The van der Waals surface area contributed by atoms with Crippen LogP contribution < -0.4 is 15.6 Å². The molecule has 0 aromatic heterocycles. The van der Waals surface area contributed by atoms with Gasteiger partial charge < -0.3 is 10.5 Å². The number of alkyl halides is 3. The Morgan fingerprint density at radius 1 is 1.17 bits per heavy atom. The minimum atomic E-state index is -4.86. The zero-order valence-corrected chi connectivity index (χ0v) is 13.1. The van der Waals surface area contributed by atoms with Crippen molar-refractivity contribution in [2.24, 2.45) is 10.9 Å². The van der Waals surface area contributed by atoms with E-state index < -0.39 is 22.1 Å². The van der Waals surface area contributed by atoms with Gasteiger partial charge in [-0.3, -0.25) is 4.79 Å². The molecule has 1 aromatic carbocycles. The molecule has 0 saturated carbocycles. The smallest absolute Gasteiger partial charge is 0.470 e. The molecule has 0 spiro atoms. The van der Waals surface area contributed by atoms with Crippen LogP contribution in [-0.2, 0) is 27.7 Å². The molecule has 4 N–H and O–H groups in total. The Balaban J connectivity index is 0.000000322. The number of amides is 1. The molecule has 0 heterocycles. The predicted molar refractivity (Wildman–Crippen MR) is 76.3 cm³/mol. The second kappa shape index (κ2) is 7.18. The molecule has 0 radical (unpaired) electrons. The van der Waals surface area contributed by atoms with Crippen molar-refractivity contribution < 1.29 is 31.1 Å². The van der Waals surface area contributed by atoms with Crippen molar-refractivity contribution in [3.05, 3.63) is 23.3 Å². The first-order valence-electron chi connectivity index (χ1n) is 6.56. The molecule has 0 saturated heterocycles. The third-order valence-corrected chi connectivity index (χ3v) is 4.25. The highest BCUT2D eigenvalue weighted by atomic mass is 32.2. The minimum Gasteiger partial charge on any atom is -0.496 e. The lowest BCUT2D eigenvalue weighted by Gasteiger charge is -2.20. The number of carbonyl (C=O) groups excluding carboxylic acids is 1. The fraction of sp³-hybridized carbons (Fsp3) is 0.462. The molecular formula is C13H17F3N2O4S. The Hall–Kier alpha value is -1.81. The lowest BCUT2D eigenvalue weighted by molar-refractivity contribution is -0.169. The van der Waals surface area contributed by atoms with E-state index >= 15 is 0 Å². The Morgan fingerprint density at radius 2 is 1.65 bits per heavy atom. The summed E-state index contributed by atoms with van der Waals surface area (Å²) >= 11 is 0. The Labute approximate surface area is 131 Å². The maximum Gasteiger partial charge on any atom is 0.470 e. The molecule has 1 aliphatic rings. The number of fused-ring (bicyclic) bond motifs is 1. The summed E-state index contributed by atoms with van der Waals surface area (Å²) < 4.78 is 60.2. The number of primary sulfonamides is 1. The average Bonchev–Trinajstić information content (AvgIpc) is 2.44. The molecule has 0 atom stereocenters. The number of nitrogens with two attached hydrogens (primary N) is 2. The summed E-state index contributed by atoms with van der Waals surface area (Å²) in [6.07, 6.45) is -1.17. The van der Waals surface area contributed by atoms with Gasteiger partial charge in [-0.1, -0.05) is 0 Å². The van der Waals surface area contributed by atoms with Crippen molar-refractivity contribution in [2.75, 3.05) is 7.11 Å². The van der Waals surface area contributed by atoms with E-state index in [1.807, 2.05) is 0 Å². The topological polar surface area (TPSA) is 112 Å². The van der Waals surface area contributed by atoms with Crippen LogP contribution in [0.15, 0.2) is 17.0 Å². The van der Waals surface area contributed by atoms with Gasteiger partial charge in [-0.25, -0.2) is 13.6 Å². The van der Waals surface area contributed by atoms with Crippen LogP contribution in [0.1, 0.15) is 24.0 Å². The third kappa shape index (κ3) is 5.10. The van der Waals surface area contributed by atoms with Crippen molar-refractivity contribution in [2.45, 2.75) is 36.8 Å². The highest BCUT2D eigenvalue weighted by Crippen LogP contribution is 2.33. The van der Waals surface area contributed by atoms with E-state index in [0.717, 1.165) is 42.6 Å². The van der Waals surface area contributed by atoms with Crippen LogP contribution in [0.3, 0.4) is 0 Å². The lowest BCUT2D eigenvalue weighted by atomic mass is 9.91. The highest BCUT2D eigenvalue weighted by molar-refractivity contribution is 7.89. The number of methoxy groups -OCH3 is 1. The van der Waals surface area contributed by atoms with Crippen LogP contribution in [0.4, 0.5) is 13.2 Å². The monoisotopic (exact) mass is 354 g/mol. The molecular weight excluding hydrogens is 337 g/mol. The van der Waals surface area contributed by atoms with E-state index in [2.05, 4.69) is 5.73 Å². The first kappa shape index (κ1) is 19.2. The summed E-state index contributed by atoms with van der Waals surface area (Å²) in [5, 5.41) is 5.20. The summed E-state index contributed by atoms with van der Waals surface area (Å²) in [6.45, 7) is 0. The SMILES string of the molecule is COc1ccc(S(N)(=O)=O)c2c1CCCC2.NC(=O)C(F)(F)F. The Morgan fingerprint density at radius 3 is 2.04 bits per heavy atom. The highest BCUT2D eigenvalue weighted by Gasteiger charge is 2.35. The molecule has 10 heteroatoms. The predicted octanol–water partition coefficient (Wildman–Crippen LogP) is 1.26.